The lowest BCUT2D eigenvalue weighted by Crippen LogP contribution is -1.91. The van der Waals surface area contributed by atoms with Gasteiger partial charge in [0.15, 0.2) is 0 Å². The van der Waals surface area contributed by atoms with E-state index in [-0.39, 0.29) is 0 Å². The SMILES string of the molecule is [2H]C([2H])(c1ccccc1)c1ccnc(-c2cccc3c2oc2c3ccc3c4ccccc4ccc32)c1. The van der Waals surface area contributed by atoms with Gasteiger partial charge in [-0.2, -0.15) is 0 Å². The summed E-state index contributed by atoms with van der Waals surface area (Å²) >= 11 is 0. The smallest absolute Gasteiger partial charge is 0.144 e. The summed E-state index contributed by atoms with van der Waals surface area (Å²) in [7, 11) is 0. The quantitative estimate of drug-likeness (QED) is 0.259. The maximum Gasteiger partial charge on any atom is 0.144 e. The molecule has 160 valence electrons. The van der Waals surface area contributed by atoms with Crippen molar-refractivity contribution >= 4 is 43.5 Å². The number of pyridine rings is 1. The summed E-state index contributed by atoms with van der Waals surface area (Å²) in [5.74, 6) is 0. The fourth-order valence-electron chi connectivity index (χ4n) is 4.89. The van der Waals surface area contributed by atoms with E-state index in [2.05, 4.69) is 59.6 Å². The number of benzene rings is 5. The summed E-state index contributed by atoms with van der Waals surface area (Å²) in [5, 5.41) is 6.74. The van der Waals surface area contributed by atoms with Gasteiger partial charge in [0.2, 0.25) is 0 Å². The Bertz CT molecular complexity index is 1920. The monoisotopic (exact) mass is 437 g/mol. The number of hydrogen-bond donors (Lipinski definition) is 0. The van der Waals surface area contributed by atoms with Crippen LogP contribution >= 0.6 is 0 Å². The number of para-hydroxylation sites is 1. The molecule has 5 aromatic carbocycles. The minimum atomic E-state index is -1.64. The van der Waals surface area contributed by atoms with Gasteiger partial charge >= 0.3 is 0 Å². The first kappa shape index (κ1) is 17.1. The number of nitrogens with zero attached hydrogens (tertiary/aromatic N) is 1. The highest BCUT2D eigenvalue weighted by atomic mass is 16.3. The van der Waals surface area contributed by atoms with E-state index in [0.717, 1.165) is 38.3 Å². The third kappa shape index (κ3) is 3.00. The molecule has 2 heteroatoms. The summed E-state index contributed by atoms with van der Waals surface area (Å²) < 4.78 is 24.2. The number of furan rings is 1. The number of fused-ring (bicyclic) bond motifs is 7. The largest absolute Gasteiger partial charge is 0.455 e. The average Bonchev–Trinajstić information content (AvgIpc) is 3.33. The van der Waals surface area contributed by atoms with Crippen molar-refractivity contribution in [1.29, 1.82) is 0 Å². The molecule has 2 heterocycles. The highest BCUT2D eigenvalue weighted by Crippen LogP contribution is 2.39. The first-order chi connectivity index (χ1) is 17.6. The Balaban J connectivity index is 1.45. The molecule has 0 atom stereocenters. The molecule has 7 rings (SSSR count). The van der Waals surface area contributed by atoms with Gasteiger partial charge in [-0.05, 0) is 64.0 Å². The normalized spacial score (nSPS) is 12.9. The molecular weight excluding hydrogens is 414 g/mol. The van der Waals surface area contributed by atoms with Crippen molar-refractivity contribution < 1.29 is 7.16 Å². The molecule has 2 nitrogen and oxygen atoms in total. The Labute approximate surface area is 199 Å². The van der Waals surface area contributed by atoms with Crippen LogP contribution in [0.5, 0.6) is 0 Å². The topological polar surface area (TPSA) is 26.0 Å². The molecule has 2 aromatic heterocycles. The maximum atomic E-state index is 8.79. The molecule has 0 amide bonds. The molecule has 0 unspecified atom stereocenters. The van der Waals surface area contributed by atoms with Gasteiger partial charge in [-0.1, -0.05) is 78.9 Å². The second-order valence-corrected chi connectivity index (χ2v) is 8.53. The minimum Gasteiger partial charge on any atom is -0.455 e. The summed E-state index contributed by atoms with van der Waals surface area (Å²) in [6.45, 7) is 0. The van der Waals surface area contributed by atoms with Crippen LogP contribution in [0.3, 0.4) is 0 Å². The molecule has 0 radical (unpaired) electrons. The van der Waals surface area contributed by atoms with Crippen LogP contribution in [0.1, 0.15) is 13.9 Å². The van der Waals surface area contributed by atoms with E-state index < -0.39 is 6.37 Å². The van der Waals surface area contributed by atoms with Crippen LogP contribution in [0.2, 0.25) is 0 Å². The molecule has 0 aliphatic carbocycles. The van der Waals surface area contributed by atoms with E-state index in [1.54, 1.807) is 12.3 Å². The van der Waals surface area contributed by atoms with Crippen molar-refractivity contribution in [3.05, 3.63) is 127 Å². The fraction of sp³-hybridized carbons (Fsp3) is 0.0312. The summed E-state index contributed by atoms with van der Waals surface area (Å²) in [6.07, 6.45) is 0.0342. The number of hydrogen-bond acceptors (Lipinski definition) is 2. The zero-order valence-electron chi connectivity index (χ0n) is 20.3. The van der Waals surface area contributed by atoms with Gasteiger partial charge in [0.25, 0.3) is 0 Å². The maximum absolute atomic E-state index is 8.79. The van der Waals surface area contributed by atoms with Crippen molar-refractivity contribution in [2.24, 2.45) is 0 Å². The van der Waals surface area contributed by atoms with E-state index in [0.29, 0.717) is 16.8 Å². The standard InChI is InChI=1S/C32H21NO/c1-2-7-21(8-3-1)19-22-17-18-33-30(20-22)29-12-6-11-26-28-16-15-25-24-10-5-4-9-23(24)13-14-27(25)31(28)34-32(26)29/h1-18,20H,19H2/i19D2. The fourth-order valence-corrected chi connectivity index (χ4v) is 4.89. The highest BCUT2D eigenvalue weighted by molar-refractivity contribution is 6.21. The zero-order valence-corrected chi connectivity index (χ0v) is 18.3. The number of rotatable bonds is 3. The van der Waals surface area contributed by atoms with Crippen molar-refractivity contribution in [1.82, 2.24) is 4.98 Å². The van der Waals surface area contributed by atoms with Gasteiger partial charge < -0.3 is 4.42 Å². The summed E-state index contributed by atoms with van der Waals surface area (Å²) in [6, 6.07) is 35.9. The highest BCUT2D eigenvalue weighted by Gasteiger charge is 2.16. The Morgan fingerprint density at radius 1 is 0.588 bits per heavy atom. The van der Waals surface area contributed by atoms with Crippen LogP contribution in [0, 0.1) is 0 Å². The van der Waals surface area contributed by atoms with Gasteiger partial charge in [-0.3, -0.25) is 4.98 Å². The Kier molecular flexibility index (Phi) is 3.81. The van der Waals surface area contributed by atoms with E-state index in [9.17, 15) is 0 Å². The van der Waals surface area contributed by atoms with Crippen molar-refractivity contribution in [3.63, 3.8) is 0 Å². The molecule has 0 saturated heterocycles. The van der Waals surface area contributed by atoms with Gasteiger partial charge in [0.05, 0.1) is 5.69 Å². The third-order valence-corrected chi connectivity index (χ3v) is 6.48. The third-order valence-electron chi connectivity index (χ3n) is 6.48. The first-order valence-corrected chi connectivity index (χ1v) is 11.4. The van der Waals surface area contributed by atoms with Crippen LogP contribution in [0.25, 0.3) is 54.7 Å². The molecule has 34 heavy (non-hydrogen) atoms. The Morgan fingerprint density at radius 2 is 1.32 bits per heavy atom. The molecule has 7 aromatic rings. The molecule has 0 bridgehead atoms. The van der Waals surface area contributed by atoms with Crippen LogP contribution in [-0.4, -0.2) is 4.98 Å². The summed E-state index contributed by atoms with van der Waals surface area (Å²) in [5.41, 5.74) is 4.33. The van der Waals surface area contributed by atoms with Crippen LogP contribution < -0.4 is 0 Å². The molecule has 0 fully saturated rings. The van der Waals surface area contributed by atoms with Gasteiger partial charge in [0, 0.05) is 30.7 Å². The Hall–Kier alpha value is -4.43. The molecule has 0 aliphatic heterocycles. The van der Waals surface area contributed by atoms with E-state index in [1.807, 2.05) is 48.5 Å². The van der Waals surface area contributed by atoms with Crippen molar-refractivity contribution in [2.75, 3.05) is 0 Å². The van der Waals surface area contributed by atoms with E-state index in [1.165, 1.54) is 10.8 Å². The van der Waals surface area contributed by atoms with E-state index >= 15 is 0 Å². The van der Waals surface area contributed by atoms with Crippen LogP contribution in [0.4, 0.5) is 0 Å². The van der Waals surface area contributed by atoms with Crippen LogP contribution in [0.15, 0.2) is 120 Å². The lowest BCUT2D eigenvalue weighted by Gasteiger charge is -2.06. The lowest BCUT2D eigenvalue weighted by atomic mass is 9.99. The predicted octanol–water partition coefficient (Wildman–Crippen LogP) is 8.55. The second kappa shape index (κ2) is 7.57. The Morgan fingerprint density at radius 3 is 2.26 bits per heavy atom. The predicted molar refractivity (Wildman–Crippen MR) is 141 cm³/mol. The number of aromatic nitrogens is 1. The molecule has 0 spiro atoms. The van der Waals surface area contributed by atoms with Gasteiger partial charge in [0.1, 0.15) is 11.2 Å². The van der Waals surface area contributed by atoms with Crippen LogP contribution in [-0.2, 0) is 6.37 Å². The molecule has 0 aliphatic rings. The van der Waals surface area contributed by atoms with Crippen molar-refractivity contribution in [2.45, 2.75) is 6.37 Å². The molecule has 0 saturated carbocycles. The van der Waals surface area contributed by atoms with E-state index in [4.69, 9.17) is 7.16 Å². The zero-order chi connectivity index (χ0) is 24.3. The van der Waals surface area contributed by atoms with Crippen molar-refractivity contribution in [3.8, 4) is 11.3 Å². The van der Waals surface area contributed by atoms with Gasteiger partial charge in [-0.25, -0.2) is 0 Å². The second-order valence-electron chi connectivity index (χ2n) is 8.53. The lowest BCUT2D eigenvalue weighted by molar-refractivity contribution is 0.673. The summed E-state index contributed by atoms with van der Waals surface area (Å²) in [4.78, 5) is 4.61. The molecular formula is C32H21NO. The minimum absolute atomic E-state index is 0.559. The average molecular weight is 438 g/mol. The molecule has 0 N–H and O–H groups in total. The van der Waals surface area contributed by atoms with Gasteiger partial charge in [-0.15, -0.1) is 0 Å². The first-order valence-electron chi connectivity index (χ1n) is 12.4.